The number of carbonyl (C=O) groups excluding carboxylic acids is 1. The molecule has 1 amide bonds. The van der Waals surface area contributed by atoms with E-state index in [-0.39, 0.29) is 12.5 Å². The number of likely N-dealkylation sites (N-methyl/N-ethyl adjacent to an activating group) is 1. The number of amides is 1. The molecule has 0 saturated heterocycles. The first kappa shape index (κ1) is 14.4. The van der Waals surface area contributed by atoms with Crippen LogP contribution >= 0.6 is 0 Å². The third kappa shape index (κ3) is 4.21. The molecule has 21 heavy (non-hydrogen) atoms. The molecule has 0 spiro atoms. The van der Waals surface area contributed by atoms with E-state index in [1.165, 1.54) is 18.4 Å². The summed E-state index contributed by atoms with van der Waals surface area (Å²) >= 11 is 0. The second-order valence-corrected chi connectivity index (χ2v) is 6.00. The van der Waals surface area contributed by atoms with E-state index in [2.05, 4.69) is 11.4 Å². The van der Waals surface area contributed by atoms with E-state index >= 15 is 0 Å². The van der Waals surface area contributed by atoms with Crippen LogP contribution in [0.3, 0.4) is 0 Å². The van der Waals surface area contributed by atoms with Gasteiger partial charge in [-0.3, -0.25) is 4.79 Å². The number of hydrogen-bond acceptors (Lipinski definition) is 3. The Labute approximate surface area is 126 Å². The van der Waals surface area contributed by atoms with Gasteiger partial charge in [0.25, 0.3) is 5.91 Å². The van der Waals surface area contributed by atoms with Crippen LogP contribution in [-0.2, 0) is 11.3 Å². The fraction of sp³-hybridized carbons (Fsp3) is 0.588. The second-order valence-electron chi connectivity index (χ2n) is 6.00. The first-order chi connectivity index (χ1) is 10.3. The van der Waals surface area contributed by atoms with Gasteiger partial charge in [0.15, 0.2) is 6.61 Å². The highest BCUT2D eigenvalue weighted by molar-refractivity contribution is 5.78. The van der Waals surface area contributed by atoms with Crippen molar-refractivity contribution < 1.29 is 9.53 Å². The summed E-state index contributed by atoms with van der Waals surface area (Å²) < 4.78 is 5.67. The van der Waals surface area contributed by atoms with Gasteiger partial charge in [0.1, 0.15) is 5.75 Å². The molecule has 4 nitrogen and oxygen atoms in total. The molecule has 0 bridgehead atoms. The van der Waals surface area contributed by atoms with E-state index < -0.39 is 0 Å². The van der Waals surface area contributed by atoms with Gasteiger partial charge in [-0.2, -0.15) is 0 Å². The number of nitrogens with zero attached hydrogens (tertiary/aromatic N) is 1. The maximum atomic E-state index is 12.1. The van der Waals surface area contributed by atoms with E-state index in [0.717, 1.165) is 31.7 Å². The molecule has 4 heteroatoms. The molecule has 0 heterocycles. The summed E-state index contributed by atoms with van der Waals surface area (Å²) in [7, 11) is 0. The van der Waals surface area contributed by atoms with Gasteiger partial charge in [-0.25, -0.2) is 0 Å². The average molecular weight is 288 g/mol. The number of carbonyl (C=O) groups is 1. The predicted octanol–water partition coefficient (Wildman–Crippen LogP) is 2.33. The number of rotatable bonds is 8. The Morgan fingerprint density at radius 2 is 2.14 bits per heavy atom. The van der Waals surface area contributed by atoms with Gasteiger partial charge in [-0.1, -0.05) is 12.1 Å². The maximum absolute atomic E-state index is 12.1. The Kier molecular flexibility index (Phi) is 4.44. The van der Waals surface area contributed by atoms with Crippen molar-refractivity contribution in [2.45, 2.75) is 51.2 Å². The second kappa shape index (κ2) is 6.48. The highest BCUT2D eigenvalue weighted by Gasteiger charge is 2.31. The summed E-state index contributed by atoms with van der Waals surface area (Å²) in [5, 5.41) is 3.48. The van der Waals surface area contributed by atoms with Gasteiger partial charge in [-0.15, -0.1) is 0 Å². The van der Waals surface area contributed by atoms with Crippen molar-refractivity contribution in [3.8, 4) is 5.75 Å². The fourth-order valence-corrected chi connectivity index (χ4v) is 2.55. The van der Waals surface area contributed by atoms with Gasteiger partial charge >= 0.3 is 0 Å². The van der Waals surface area contributed by atoms with Crippen LogP contribution in [-0.4, -0.2) is 36.0 Å². The lowest BCUT2D eigenvalue weighted by atomic mass is 10.2. The third-order valence-corrected chi connectivity index (χ3v) is 4.08. The van der Waals surface area contributed by atoms with Crippen molar-refractivity contribution in [2.24, 2.45) is 0 Å². The first-order valence-corrected chi connectivity index (χ1v) is 8.01. The molecule has 0 atom stereocenters. The van der Waals surface area contributed by atoms with Gasteiger partial charge in [-0.05, 0) is 50.3 Å². The minimum atomic E-state index is 0.0986. The molecular weight excluding hydrogens is 264 g/mol. The Hall–Kier alpha value is -1.55. The largest absolute Gasteiger partial charge is 0.484 e. The summed E-state index contributed by atoms with van der Waals surface area (Å²) in [4.78, 5) is 14.1. The highest BCUT2D eigenvalue weighted by Crippen LogP contribution is 2.26. The first-order valence-electron chi connectivity index (χ1n) is 8.01. The van der Waals surface area contributed by atoms with E-state index in [0.29, 0.717) is 12.1 Å². The van der Waals surface area contributed by atoms with E-state index in [1.807, 2.05) is 30.0 Å². The van der Waals surface area contributed by atoms with Crippen LogP contribution in [0.2, 0.25) is 0 Å². The van der Waals surface area contributed by atoms with E-state index in [9.17, 15) is 4.79 Å². The van der Waals surface area contributed by atoms with Crippen LogP contribution in [0.25, 0.3) is 0 Å². The van der Waals surface area contributed by atoms with Crippen molar-refractivity contribution in [3.05, 3.63) is 29.8 Å². The smallest absolute Gasteiger partial charge is 0.260 e. The van der Waals surface area contributed by atoms with Crippen LogP contribution in [0.4, 0.5) is 0 Å². The molecule has 2 aliphatic carbocycles. The molecule has 2 fully saturated rings. The van der Waals surface area contributed by atoms with Gasteiger partial charge in [0, 0.05) is 25.2 Å². The minimum absolute atomic E-state index is 0.0986. The van der Waals surface area contributed by atoms with Crippen molar-refractivity contribution in [2.75, 3.05) is 13.2 Å². The molecule has 1 N–H and O–H groups in total. The predicted molar refractivity (Wildman–Crippen MR) is 82.2 cm³/mol. The summed E-state index contributed by atoms with van der Waals surface area (Å²) in [5.41, 5.74) is 1.21. The van der Waals surface area contributed by atoms with Crippen LogP contribution in [0.15, 0.2) is 24.3 Å². The Bertz CT molecular complexity index is 495. The zero-order chi connectivity index (χ0) is 14.7. The Balaban J connectivity index is 1.49. The van der Waals surface area contributed by atoms with Crippen molar-refractivity contribution in [1.82, 2.24) is 10.2 Å². The molecule has 2 aliphatic rings. The van der Waals surface area contributed by atoms with Gasteiger partial charge in [0.05, 0.1) is 0 Å². The van der Waals surface area contributed by atoms with Crippen molar-refractivity contribution in [3.63, 3.8) is 0 Å². The van der Waals surface area contributed by atoms with E-state index in [4.69, 9.17) is 4.74 Å². The van der Waals surface area contributed by atoms with Crippen LogP contribution < -0.4 is 10.1 Å². The monoisotopic (exact) mass is 288 g/mol. The lowest BCUT2D eigenvalue weighted by Gasteiger charge is -2.20. The third-order valence-electron chi connectivity index (χ3n) is 4.08. The number of ether oxygens (including phenoxy) is 1. The average Bonchev–Trinajstić information content (AvgIpc) is 3.37. The molecule has 0 aliphatic heterocycles. The lowest BCUT2D eigenvalue weighted by molar-refractivity contribution is -0.133. The summed E-state index contributed by atoms with van der Waals surface area (Å²) in [5.74, 6) is 0.881. The SMILES string of the molecule is CCN(C(=O)COc1cccc(CNC2CC2)c1)C1CC1. The van der Waals surface area contributed by atoms with Gasteiger partial charge in [0.2, 0.25) is 0 Å². The number of benzene rings is 1. The van der Waals surface area contributed by atoms with Gasteiger partial charge < -0.3 is 15.0 Å². The summed E-state index contributed by atoms with van der Waals surface area (Å²) in [6.45, 7) is 3.82. The molecular formula is C17H24N2O2. The Morgan fingerprint density at radius 3 is 2.81 bits per heavy atom. The molecule has 0 radical (unpaired) electrons. The Morgan fingerprint density at radius 1 is 1.33 bits per heavy atom. The number of hydrogen-bond donors (Lipinski definition) is 1. The highest BCUT2D eigenvalue weighted by atomic mass is 16.5. The lowest BCUT2D eigenvalue weighted by Crippen LogP contribution is -2.36. The molecule has 0 unspecified atom stereocenters. The van der Waals surface area contributed by atoms with Crippen molar-refractivity contribution in [1.29, 1.82) is 0 Å². The van der Waals surface area contributed by atoms with E-state index in [1.54, 1.807) is 0 Å². The number of nitrogens with one attached hydrogen (secondary N) is 1. The summed E-state index contributed by atoms with van der Waals surface area (Å²) in [6.07, 6.45) is 4.86. The topological polar surface area (TPSA) is 41.6 Å². The normalized spacial score (nSPS) is 17.6. The van der Waals surface area contributed by atoms with Crippen LogP contribution in [0.1, 0.15) is 38.2 Å². The molecule has 0 aromatic heterocycles. The minimum Gasteiger partial charge on any atom is -0.484 e. The fourth-order valence-electron chi connectivity index (χ4n) is 2.55. The quantitative estimate of drug-likeness (QED) is 0.798. The van der Waals surface area contributed by atoms with Crippen molar-refractivity contribution >= 4 is 5.91 Å². The molecule has 1 aromatic rings. The summed E-state index contributed by atoms with van der Waals surface area (Å²) in [6, 6.07) is 9.18. The van der Waals surface area contributed by atoms with Crippen LogP contribution in [0, 0.1) is 0 Å². The maximum Gasteiger partial charge on any atom is 0.260 e. The van der Waals surface area contributed by atoms with Crippen LogP contribution in [0.5, 0.6) is 5.75 Å². The standard InChI is InChI=1S/C17H24N2O2/c1-2-19(15-8-9-15)17(20)12-21-16-5-3-4-13(10-16)11-18-14-6-7-14/h3-5,10,14-15,18H,2,6-9,11-12H2,1H3. The zero-order valence-corrected chi connectivity index (χ0v) is 12.7. The molecule has 1 aromatic carbocycles. The molecule has 2 saturated carbocycles. The molecule has 114 valence electrons. The zero-order valence-electron chi connectivity index (χ0n) is 12.7. The molecule has 3 rings (SSSR count).